The molecule has 0 saturated carbocycles. The minimum absolute atomic E-state index is 0.301. The van der Waals surface area contributed by atoms with Gasteiger partial charge in [-0.05, 0) is 32.4 Å². The van der Waals surface area contributed by atoms with Gasteiger partial charge >= 0.3 is 0 Å². The maximum absolute atomic E-state index is 3.30. The van der Waals surface area contributed by atoms with Crippen LogP contribution < -0.4 is 0 Å². The first kappa shape index (κ1) is 8.82. The zero-order valence-electron chi connectivity index (χ0n) is 8.72. The molecule has 1 aromatic heterocycles. The van der Waals surface area contributed by atoms with E-state index in [4.69, 9.17) is 0 Å². The van der Waals surface area contributed by atoms with Crippen LogP contribution in [0.2, 0.25) is 0 Å². The molecule has 0 aliphatic carbocycles. The van der Waals surface area contributed by atoms with Gasteiger partial charge in [0, 0.05) is 36.9 Å². The second kappa shape index (κ2) is 2.88. The van der Waals surface area contributed by atoms with Crippen LogP contribution in [0.25, 0.3) is 0 Å². The van der Waals surface area contributed by atoms with Crippen LogP contribution in [0.15, 0.2) is 12.3 Å². The third kappa shape index (κ3) is 1.63. The van der Waals surface area contributed by atoms with Gasteiger partial charge in [-0.2, -0.15) is 0 Å². The average Bonchev–Trinajstić information content (AvgIpc) is 2.47. The van der Waals surface area contributed by atoms with E-state index >= 15 is 0 Å². The Hall–Kier alpha value is -0.760. The van der Waals surface area contributed by atoms with Gasteiger partial charge in [0.05, 0.1) is 0 Å². The van der Waals surface area contributed by atoms with Gasteiger partial charge in [-0.1, -0.05) is 0 Å². The molecule has 0 saturated heterocycles. The summed E-state index contributed by atoms with van der Waals surface area (Å²) in [7, 11) is 0. The monoisotopic (exact) mass is 178 g/mol. The highest BCUT2D eigenvalue weighted by Gasteiger charge is 2.25. The molecule has 0 spiro atoms. The predicted octanol–water partition coefficient (Wildman–Crippen LogP) is 2.17. The second-order valence-corrected chi connectivity index (χ2v) is 4.82. The Morgan fingerprint density at radius 3 is 2.85 bits per heavy atom. The molecule has 1 aliphatic heterocycles. The van der Waals surface area contributed by atoms with Crippen molar-refractivity contribution in [1.82, 2.24) is 9.88 Å². The van der Waals surface area contributed by atoms with Gasteiger partial charge in [0.2, 0.25) is 0 Å². The number of fused-ring (bicyclic) bond motifs is 1. The maximum atomic E-state index is 3.30. The Bertz CT molecular complexity index is 293. The summed E-state index contributed by atoms with van der Waals surface area (Å²) in [6.45, 7) is 9.12. The number of rotatable bonds is 0. The molecule has 72 valence electrons. The zero-order valence-corrected chi connectivity index (χ0v) is 8.72. The summed E-state index contributed by atoms with van der Waals surface area (Å²) in [4.78, 5) is 5.83. The molecule has 1 aromatic rings. The number of nitrogens with one attached hydrogen (secondary N) is 1. The van der Waals surface area contributed by atoms with Crippen molar-refractivity contribution in [2.75, 3.05) is 6.54 Å². The molecule has 0 amide bonds. The van der Waals surface area contributed by atoms with E-state index in [1.165, 1.54) is 24.2 Å². The molecule has 0 fully saturated rings. The molecule has 2 nitrogen and oxygen atoms in total. The predicted molar refractivity (Wildman–Crippen MR) is 54.7 cm³/mol. The molecule has 2 heteroatoms. The van der Waals surface area contributed by atoms with E-state index in [0.29, 0.717) is 5.54 Å². The van der Waals surface area contributed by atoms with E-state index in [1.54, 1.807) is 0 Å². The number of aromatic amines is 1. The summed E-state index contributed by atoms with van der Waals surface area (Å²) < 4.78 is 0. The van der Waals surface area contributed by atoms with E-state index in [-0.39, 0.29) is 0 Å². The smallest absolute Gasteiger partial charge is 0.0256 e. The van der Waals surface area contributed by atoms with Gasteiger partial charge < -0.3 is 4.98 Å². The van der Waals surface area contributed by atoms with Crippen molar-refractivity contribution >= 4 is 0 Å². The maximum Gasteiger partial charge on any atom is 0.0256 e. The molecule has 0 unspecified atom stereocenters. The standard InChI is InChI=1S/C11H18N2/c1-11(2,3)13-7-5-10-9(8-13)4-6-12-10/h4,6,12H,5,7-8H2,1-3H3. The van der Waals surface area contributed by atoms with Crippen molar-refractivity contribution in [2.24, 2.45) is 0 Å². The van der Waals surface area contributed by atoms with Crippen molar-refractivity contribution in [1.29, 1.82) is 0 Å². The molecule has 0 atom stereocenters. The van der Waals surface area contributed by atoms with E-state index in [9.17, 15) is 0 Å². The lowest BCUT2D eigenvalue weighted by molar-refractivity contribution is 0.120. The summed E-state index contributed by atoms with van der Waals surface area (Å²) in [5.74, 6) is 0. The van der Waals surface area contributed by atoms with E-state index in [1.807, 2.05) is 0 Å². The first-order valence-corrected chi connectivity index (χ1v) is 4.97. The highest BCUT2D eigenvalue weighted by Crippen LogP contribution is 2.23. The molecule has 1 aliphatic rings. The van der Waals surface area contributed by atoms with Gasteiger partial charge in [0.15, 0.2) is 0 Å². The van der Waals surface area contributed by atoms with Gasteiger partial charge in [-0.3, -0.25) is 4.90 Å². The average molecular weight is 178 g/mol. The summed E-state index contributed by atoms with van der Waals surface area (Å²) >= 11 is 0. The summed E-state index contributed by atoms with van der Waals surface area (Å²) in [5, 5.41) is 0. The molecule has 2 heterocycles. The van der Waals surface area contributed by atoms with E-state index < -0.39 is 0 Å². The lowest BCUT2D eigenvalue weighted by Crippen LogP contribution is -2.44. The fourth-order valence-electron chi connectivity index (χ4n) is 1.92. The van der Waals surface area contributed by atoms with Crippen molar-refractivity contribution in [2.45, 2.75) is 39.3 Å². The van der Waals surface area contributed by atoms with Crippen molar-refractivity contribution in [3.8, 4) is 0 Å². The lowest BCUT2D eigenvalue weighted by atomic mass is 10.00. The Balaban J connectivity index is 2.18. The molecule has 0 radical (unpaired) electrons. The van der Waals surface area contributed by atoms with Crippen LogP contribution in [0, 0.1) is 0 Å². The van der Waals surface area contributed by atoms with Crippen LogP contribution in [0.1, 0.15) is 32.0 Å². The van der Waals surface area contributed by atoms with E-state index in [2.05, 4.69) is 42.9 Å². The quantitative estimate of drug-likeness (QED) is 0.645. The van der Waals surface area contributed by atoms with E-state index in [0.717, 1.165) is 6.54 Å². The van der Waals surface area contributed by atoms with Gasteiger partial charge in [0.25, 0.3) is 0 Å². The third-order valence-corrected chi connectivity index (χ3v) is 2.87. The topological polar surface area (TPSA) is 19.0 Å². The number of hydrogen-bond donors (Lipinski definition) is 1. The fourth-order valence-corrected chi connectivity index (χ4v) is 1.92. The molecular weight excluding hydrogens is 160 g/mol. The SMILES string of the molecule is CC(C)(C)N1CCc2[nH]ccc2C1. The van der Waals surface area contributed by atoms with Crippen LogP contribution in [-0.4, -0.2) is 22.0 Å². The first-order chi connectivity index (χ1) is 6.07. The van der Waals surface area contributed by atoms with Gasteiger partial charge in [0.1, 0.15) is 0 Å². The van der Waals surface area contributed by atoms with Crippen LogP contribution in [0.5, 0.6) is 0 Å². The third-order valence-electron chi connectivity index (χ3n) is 2.87. The second-order valence-electron chi connectivity index (χ2n) is 4.82. The first-order valence-electron chi connectivity index (χ1n) is 4.97. The molecule has 0 aromatic carbocycles. The summed E-state index contributed by atoms with van der Waals surface area (Å²) in [6.07, 6.45) is 3.22. The Kier molecular flexibility index (Phi) is 1.95. The highest BCUT2D eigenvalue weighted by molar-refractivity contribution is 5.23. The molecule has 0 bridgehead atoms. The highest BCUT2D eigenvalue weighted by atomic mass is 15.2. The number of nitrogens with zero attached hydrogens (tertiary/aromatic N) is 1. The number of aromatic nitrogens is 1. The Labute approximate surface area is 79.9 Å². The van der Waals surface area contributed by atoms with Gasteiger partial charge in [-0.25, -0.2) is 0 Å². The molecule has 13 heavy (non-hydrogen) atoms. The van der Waals surface area contributed by atoms with Crippen LogP contribution in [0.3, 0.4) is 0 Å². The van der Waals surface area contributed by atoms with Crippen LogP contribution in [0.4, 0.5) is 0 Å². The summed E-state index contributed by atoms with van der Waals surface area (Å²) in [5.41, 5.74) is 3.20. The minimum atomic E-state index is 0.301. The van der Waals surface area contributed by atoms with Gasteiger partial charge in [-0.15, -0.1) is 0 Å². The Morgan fingerprint density at radius 1 is 1.38 bits per heavy atom. The zero-order chi connectivity index (χ0) is 9.47. The number of hydrogen-bond acceptors (Lipinski definition) is 1. The van der Waals surface area contributed by atoms with Crippen LogP contribution >= 0.6 is 0 Å². The van der Waals surface area contributed by atoms with Crippen molar-refractivity contribution < 1.29 is 0 Å². The lowest BCUT2D eigenvalue weighted by Gasteiger charge is -2.38. The molecular formula is C11H18N2. The normalized spacial score (nSPS) is 18.7. The molecule has 2 rings (SSSR count). The minimum Gasteiger partial charge on any atom is -0.365 e. The number of H-pyrrole nitrogens is 1. The fraction of sp³-hybridized carbons (Fsp3) is 0.636. The molecule has 1 N–H and O–H groups in total. The largest absolute Gasteiger partial charge is 0.365 e. The van der Waals surface area contributed by atoms with Crippen molar-refractivity contribution in [3.63, 3.8) is 0 Å². The van der Waals surface area contributed by atoms with Crippen molar-refractivity contribution in [3.05, 3.63) is 23.5 Å². The van der Waals surface area contributed by atoms with Crippen LogP contribution in [-0.2, 0) is 13.0 Å². The Morgan fingerprint density at radius 2 is 2.15 bits per heavy atom. The summed E-state index contributed by atoms with van der Waals surface area (Å²) in [6, 6.07) is 2.20.